The largest absolute Gasteiger partial charge is 0.492 e. The number of nitrogens with one attached hydrogen (secondary N) is 2. The van der Waals surface area contributed by atoms with E-state index in [1.807, 2.05) is 42.5 Å². The first kappa shape index (κ1) is 20.5. The molecule has 2 aliphatic heterocycles. The van der Waals surface area contributed by atoms with Crippen molar-refractivity contribution in [1.82, 2.24) is 10.6 Å². The molecule has 1 saturated heterocycles. The number of benzene rings is 2. The summed E-state index contributed by atoms with van der Waals surface area (Å²) in [7, 11) is 0. The number of ether oxygens (including phenoxy) is 3. The van der Waals surface area contributed by atoms with E-state index in [0.717, 1.165) is 11.1 Å². The van der Waals surface area contributed by atoms with Crippen LogP contribution in [0.1, 0.15) is 30.0 Å². The number of hydrogen-bond acceptors (Lipinski definition) is 5. The molecule has 2 heterocycles. The summed E-state index contributed by atoms with van der Waals surface area (Å²) >= 11 is 6.22. The minimum atomic E-state index is -1.18. The summed E-state index contributed by atoms with van der Waals surface area (Å²) < 4.78 is 16.4. The van der Waals surface area contributed by atoms with Gasteiger partial charge in [0.25, 0.3) is 0 Å². The van der Waals surface area contributed by atoms with Crippen LogP contribution in [0.25, 0.3) is 0 Å². The molecular weight excluding hydrogens is 408 g/mol. The standard InChI is InChI=1S/C22H23ClN2O5/c23-17-8-4-7-16-18(9-11-29-19(16)17)24-20(26)22(10-12-28-14-22)25-21(27)30-13-15-5-2-1-3-6-15/h1-8,18H,9-14H2,(H,24,26)(H,25,27)/t18-,22+/m0/s1. The van der Waals surface area contributed by atoms with Crippen LogP contribution in [0.4, 0.5) is 4.79 Å². The molecule has 158 valence electrons. The van der Waals surface area contributed by atoms with Crippen LogP contribution in [0.5, 0.6) is 5.75 Å². The number of para-hydroxylation sites is 1. The maximum absolute atomic E-state index is 13.2. The fourth-order valence-corrected chi connectivity index (χ4v) is 3.92. The van der Waals surface area contributed by atoms with Crippen LogP contribution in [0.3, 0.4) is 0 Å². The lowest BCUT2D eigenvalue weighted by Gasteiger charge is -2.32. The van der Waals surface area contributed by atoms with Crippen molar-refractivity contribution in [2.24, 2.45) is 0 Å². The highest BCUT2D eigenvalue weighted by Crippen LogP contribution is 2.37. The minimum absolute atomic E-state index is 0.0882. The summed E-state index contributed by atoms with van der Waals surface area (Å²) in [4.78, 5) is 25.6. The molecular formula is C22H23ClN2O5. The Morgan fingerprint density at radius 1 is 1.13 bits per heavy atom. The Morgan fingerprint density at radius 3 is 2.73 bits per heavy atom. The Kier molecular flexibility index (Phi) is 6.11. The quantitative estimate of drug-likeness (QED) is 0.759. The van der Waals surface area contributed by atoms with Crippen molar-refractivity contribution >= 4 is 23.6 Å². The number of halogens is 1. The zero-order valence-electron chi connectivity index (χ0n) is 16.4. The molecule has 4 rings (SSSR count). The van der Waals surface area contributed by atoms with Gasteiger partial charge in [-0.15, -0.1) is 0 Å². The Hall–Kier alpha value is -2.77. The van der Waals surface area contributed by atoms with Gasteiger partial charge >= 0.3 is 6.09 Å². The van der Waals surface area contributed by atoms with Crippen LogP contribution < -0.4 is 15.4 Å². The van der Waals surface area contributed by atoms with Crippen molar-refractivity contribution in [3.63, 3.8) is 0 Å². The Morgan fingerprint density at radius 2 is 1.97 bits per heavy atom. The fourth-order valence-electron chi connectivity index (χ4n) is 3.69. The maximum atomic E-state index is 13.2. The lowest BCUT2D eigenvalue weighted by molar-refractivity contribution is -0.128. The van der Waals surface area contributed by atoms with Crippen LogP contribution in [0.2, 0.25) is 5.02 Å². The van der Waals surface area contributed by atoms with Crippen molar-refractivity contribution in [1.29, 1.82) is 0 Å². The molecule has 2 aromatic carbocycles. The van der Waals surface area contributed by atoms with Gasteiger partial charge in [-0.3, -0.25) is 4.79 Å². The highest BCUT2D eigenvalue weighted by Gasteiger charge is 2.45. The van der Waals surface area contributed by atoms with Crippen molar-refractivity contribution in [2.75, 3.05) is 19.8 Å². The van der Waals surface area contributed by atoms with E-state index < -0.39 is 11.6 Å². The van der Waals surface area contributed by atoms with E-state index in [0.29, 0.717) is 36.8 Å². The van der Waals surface area contributed by atoms with Gasteiger partial charge in [0.2, 0.25) is 5.91 Å². The summed E-state index contributed by atoms with van der Waals surface area (Å²) in [6, 6.07) is 14.5. The Labute approximate surface area is 179 Å². The van der Waals surface area contributed by atoms with E-state index in [1.54, 1.807) is 6.07 Å². The van der Waals surface area contributed by atoms with Gasteiger partial charge < -0.3 is 24.8 Å². The normalized spacial score (nSPS) is 22.5. The van der Waals surface area contributed by atoms with E-state index >= 15 is 0 Å². The molecule has 8 heteroatoms. The fraction of sp³-hybridized carbons (Fsp3) is 0.364. The first-order chi connectivity index (χ1) is 14.6. The van der Waals surface area contributed by atoms with Gasteiger partial charge in [0.1, 0.15) is 17.9 Å². The van der Waals surface area contributed by atoms with Gasteiger partial charge in [-0.25, -0.2) is 4.79 Å². The molecule has 2 aliphatic rings. The second-order valence-electron chi connectivity index (χ2n) is 7.39. The molecule has 0 radical (unpaired) electrons. The van der Waals surface area contributed by atoms with Crippen LogP contribution in [-0.2, 0) is 20.9 Å². The first-order valence-electron chi connectivity index (χ1n) is 9.86. The van der Waals surface area contributed by atoms with Gasteiger partial charge in [0.15, 0.2) is 0 Å². The number of rotatable bonds is 5. The lowest BCUT2D eigenvalue weighted by Crippen LogP contribution is -2.60. The molecule has 0 saturated carbocycles. The average Bonchev–Trinajstić information content (AvgIpc) is 3.23. The van der Waals surface area contributed by atoms with Crippen molar-refractivity contribution in [3.05, 3.63) is 64.7 Å². The molecule has 0 unspecified atom stereocenters. The van der Waals surface area contributed by atoms with Crippen molar-refractivity contribution in [3.8, 4) is 5.75 Å². The summed E-state index contributed by atoms with van der Waals surface area (Å²) in [5.41, 5.74) is 0.512. The van der Waals surface area contributed by atoms with Gasteiger partial charge in [0, 0.05) is 25.0 Å². The first-order valence-corrected chi connectivity index (χ1v) is 10.2. The topological polar surface area (TPSA) is 85.9 Å². The second kappa shape index (κ2) is 8.93. The molecule has 7 nitrogen and oxygen atoms in total. The maximum Gasteiger partial charge on any atom is 0.408 e. The number of amides is 2. The predicted octanol–water partition coefficient (Wildman–Crippen LogP) is 3.37. The van der Waals surface area contributed by atoms with Crippen molar-refractivity contribution < 1.29 is 23.8 Å². The van der Waals surface area contributed by atoms with E-state index in [1.165, 1.54) is 0 Å². The molecule has 1 fully saturated rings. The number of carbonyl (C=O) groups excluding carboxylic acids is 2. The summed E-state index contributed by atoms with van der Waals surface area (Å²) in [5.74, 6) is 0.275. The third-order valence-corrected chi connectivity index (χ3v) is 5.64. The van der Waals surface area contributed by atoms with E-state index in [2.05, 4.69) is 10.6 Å². The summed E-state index contributed by atoms with van der Waals surface area (Å²) in [6.07, 6.45) is 0.314. The van der Waals surface area contributed by atoms with E-state index in [9.17, 15) is 9.59 Å². The highest BCUT2D eigenvalue weighted by molar-refractivity contribution is 6.32. The monoisotopic (exact) mass is 430 g/mol. The number of fused-ring (bicyclic) bond motifs is 1. The predicted molar refractivity (Wildman–Crippen MR) is 110 cm³/mol. The minimum Gasteiger partial charge on any atom is -0.492 e. The smallest absolute Gasteiger partial charge is 0.408 e. The summed E-state index contributed by atoms with van der Waals surface area (Å²) in [6.45, 7) is 1.03. The van der Waals surface area contributed by atoms with Gasteiger partial charge in [-0.1, -0.05) is 54.1 Å². The number of carbonyl (C=O) groups is 2. The summed E-state index contributed by atoms with van der Waals surface area (Å²) in [5, 5.41) is 6.28. The second-order valence-corrected chi connectivity index (χ2v) is 7.80. The van der Waals surface area contributed by atoms with Gasteiger partial charge in [-0.2, -0.15) is 0 Å². The molecule has 2 amide bonds. The zero-order valence-corrected chi connectivity index (χ0v) is 17.1. The van der Waals surface area contributed by atoms with E-state index in [-0.39, 0.29) is 25.2 Å². The van der Waals surface area contributed by atoms with Crippen LogP contribution in [0.15, 0.2) is 48.5 Å². The number of hydrogen-bond donors (Lipinski definition) is 2. The highest BCUT2D eigenvalue weighted by atomic mass is 35.5. The molecule has 2 N–H and O–H groups in total. The van der Waals surface area contributed by atoms with Crippen molar-refractivity contribution in [2.45, 2.75) is 31.0 Å². The average molecular weight is 431 g/mol. The van der Waals surface area contributed by atoms with E-state index in [4.69, 9.17) is 25.8 Å². The molecule has 2 atom stereocenters. The van der Waals surface area contributed by atoms with Crippen LogP contribution >= 0.6 is 11.6 Å². The molecule has 0 aromatic heterocycles. The van der Waals surface area contributed by atoms with Gasteiger partial charge in [0.05, 0.1) is 24.3 Å². The third kappa shape index (κ3) is 4.37. The molecule has 30 heavy (non-hydrogen) atoms. The zero-order chi connectivity index (χ0) is 21.0. The molecule has 0 spiro atoms. The van der Waals surface area contributed by atoms with Crippen LogP contribution in [0, 0.1) is 0 Å². The molecule has 0 bridgehead atoms. The Balaban J connectivity index is 1.43. The SMILES string of the molecule is O=C(N[C@]1(C(=O)N[C@H]2CCOc3c(Cl)cccc32)CCOC1)OCc1ccccc1. The van der Waals surface area contributed by atoms with Crippen LogP contribution in [-0.4, -0.2) is 37.4 Å². The molecule has 2 aromatic rings. The Bertz CT molecular complexity index is 915. The third-order valence-electron chi connectivity index (χ3n) is 5.34. The lowest BCUT2D eigenvalue weighted by atomic mass is 9.94. The number of alkyl carbamates (subject to hydrolysis) is 1. The molecule has 0 aliphatic carbocycles. The van der Waals surface area contributed by atoms with Gasteiger partial charge in [-0.05, 0) is 11.6 Å².